The Kier molecular flexibility index (Phi) is 8.87. The molecule has 1 saturated carbocycles. The molecule has 3 heterocycles. The Bertz CT molecular complexity index is 838. The van der Waals surface area contributed by atoms with Crippen molar-refractivity contribution >= 4 is 27.6 Å². The Labute approximate surface area is 204 Å². The van der Waals surface area contributed by atoms with E-state index in [1.807, 2.05) is 6.92 Å². The van der Waals surface area contributed by atoms with E-state index < -0.39 is 10.0 Å². The fraction of sp³-hybridized carbons (Fsp3) is 0.833. The van der Waals surface area contributed by atoms with Crippen LogP contribution in [0.4, 0.5) is 5.95 Å². The average molecular weight is 499 g/mol. The zero-order valence-electron chi connectivity index (χ0n) is 19.9. The number of piperidine rings is 2. The van der Waals surface area contributed by atoms with Crippen molar-refractivity contribution in [2.75, 3.05) is 50.0 Å². The van der Waals surface area contributed by atoms with E-state index >= 15 is 0 Å². The van der Waals surface area contributed by atoms with E-state index in [9.17, 15) is 8.42 Å². The molecule has 1 aromatic rings. The van der Waals surface area contributed by atoms with Crippen molar-refractivity contribution in [1.29, 1.82) is 0 Å². The normalized spacial score (nSPS) is 25.8. The van der Waals surface area contributed by atoms with Crippen LogP contribution in [0.3, 0.4) is 0 Å². The van der Waals surface area contributed by atoms with Crippen LogP contribution in [0.25, 0.3) is 0 Å². The standard InChI is InChI=1S/C24H39ClN4O3S/c1-2-3-14-33(30,31)29-12-6-19(7-13-29)17-32-18-21-4-5-23(21)20-8-10-28(11-9-20)24-26-15-22(25)16-27-24/h15-16,19-21,23H,2-14,17-18H2,1H3. The molecule has 0 N–H and O–H groups in total. The van der Waals surface area contributed by atoms with Gasteiger partial charge in [0.05, 0.1) is 23.2 Å². The van der Waals surface area contributed by atoms with Crippen molar-refractivity contribution in [1.82, 2.24) is 14.3 Å². The van der Waals surface area contributed by atoms with Crippen molar-refractivity contribution in [2.24, 2.45) is 23.7 Å². The van der Waals surface area contributed by atoms with Gasteiger partial charge in [-0.05, 0) is 68.6 Å². The highest BCUT2D eigenvalue weighted by molar-refractivity contribution is 7.89. The molecule has 1 aliphatic carbocycles. The smallest absolute Gasteiger partial charge is 0.225 e. The van der Waals surface area contributed by atoms with E-state index in [-0.39, 0.29) is 0 Å². The molecule has 7 nitrogen and oxygen atoms in total. The van der Waals surface area contributed by atoms with Gasteiger partial charge in [-0.25, -0.2) is 22.7 Å². The third-order valence-corrected chi connectivity index (χ3v) is 10.1. The summed E-state index contributed by atoms with van der Waals surface area (Å²) >= 11 is 5.91. The SMILES string of the molecule is CCCCS(=O)(=O)N1CCC(COCC2CCC2C2CCN(c3ncc(Cl)cn3)CC2)CC1. The van der Waals surface area contributed by atoms with Crippen LogP contribution in [0.2, 0.25) is 5.02 Å². The molecule has 2 atom stereocenters. The largest absolute Gasteiger partial charge is 0.381 e. The first-order valence-corrected chi connectivity index (χ1v) is 14.7. The Morgan fingerprint density at radius 3 is 2.30 bits per heavy atom. The molecule has 0 bridgehead atoms. The number of ether oxygens (including phenoxy) is 1. The number of anilines is 1. The molecule has 0 amide bonds. The lowest BCUT2D eigenvalue weighted by Crippen LogP contribution is -2.43. The third-order valence-electron chi connectivity index (χ3n) is 7.92. The van der Waals surface area contributed by atoms with E-state index in [0.717, 1.165) is 69.8 Å². The van der Waals surface area contributed by atoms with Gasteiger partial charge in [0.2, 0.25) is 16.0 Å². The summed E-state index contributed by atoms with van der Waals surface area (Å²) in [6.45, 7) is 7.00. The maximum atomic E-state index is 12.4. The second-order valence-electron chi connectivity index (χ2n) is 10.1. The highest BCUT2D eigenvalue weighted by Gasteiger charge is 2.38. The molecular weight excluding hydrogens is 460 g/mol. The molecule has 2 aliphatic heterocycles. The quantitative estimate of drug-likeness (QED) is 0.480. The van der Waals surface area contributed by atoms with Gasteiger partial charge < -0.3 is 9.64 Å². The van der Waals surface area contributed by atoms with Gasteiger partial charge in [-0.1, -0.05) is 24.9 Å². The van der Waals surface area contributed by atoms with Gasteiger partial charge in [-0.2, -0.15) is 0 Å². The van der Waals surface area contributed by atoms with Gasteiger partial charge >= 0.3 is 0 Å². The minimum Gasteiger partial charge on any atom is -0.381 e. The molecule has 0 spiro atoms. The predicted octanol–water partition coefficient (Wildman–Crippen LogP) is 4.23. The van der Waals surface area contributed by atoms with Crippen LogP contribution in [0.15, 0.2) is 12.4 Å². The monoisotopic (exact) mass is 498 g/mol. The molecule has 9 heteroatoms. The van der Waals surface area contributed by atoms with E-state index in [2.05, 4.69) is 14.9 Å². The Morgan fingerprint density at radius 1 is 1.00 bits per heavy atom. The highest BCUT2D eigenvalue weighted by atomic mass is 35.5. The molecule has 1 aromatic heterocycles. The number of sulfonamides is 1. The average Bonchev–Trinajstić information content (AvgIpc) is 2.81. The van der Waals surface area contributed by atoms with Crippen LogP contribution in [-0.2, 0) is 14.8 Å². The second-order valence-corrected chi connectivity index (χ2v) is 12.6. The molecule has 2 saturated heterocycles. The lowest BCUT2D eigenvalue weighted by atomic mass is 9.65. The lowest BCUT2D eigenvalue weighted by Gasteiger charge is -2.45. The number of nitrogens with zero attached hydrogens (tertiary/aromatic N) is 4. The first-order chi connectivity index (χ1) is 16.0. The van der Waals surface area contributed by atoms with Crippen molar-refractivity contribution in [3.8, 4) is 0 Å². The topological polar surface area (TPSA) is 75.6 Å². The molecule has 0 aromatic carbocycles. The lowest BCUT2D eigenvalue weighted by molar-refractivity contribution is -0.0139. The number of aromatic nitrogens is 2. The van der Waals surface area contributed by atoms with Gasteiger partial charge in [-0.3, -0.25) is 0 Å². The Balaban J connectivity index is 1.13. The maximum Gasteiger partial charge on any atom is 0.225 e. The third kappa shape index (κ3) is 6.59. The first-order valence-electron chi connectivity index (χ1n) is 12.7. The maximum absolute atomic E-state index is 12.4. The number of hydrogen-bond acceptors (Lipinski definition) is 6. The summed E-state index contributed by atoms with van der Waals surface area (Å²) < 4.78 is 32.6. The molecule has 186 valence electrons. The molecule has 3 aliphatic rings. The fourth-order valence-corrected chi connectivity index (χ4v) is 7.39. The highest BCUT2D eigenvalue weighted by Crippen LogP contribution is 2.44. The van der Waals surface area contributed by atoms with Crippen LogP contribution < -0.4 is 4.90 Å². The molecule has 0 radical (unpaired) electrons. The zero-order chi connectivity index (χ0) is 23.3. The summed E-state index contributed by atoms with van der Waals surface area (Å²) in [4.78, 5) is 11.0. The van der Waals surface area contributed by atoms with E-state index in [4.69, 9.17) is 16.3 Å². The van der Waals surface area contributed by atoms with Crippen LogP contribution in [0, 0.1) is 23.7 Å². The van der Waals surface area contributed by atoms with Crippen LogP contribution in [-0.4, -0.2) is 67.8 Å². The van der Waals surface area contributed by atoms with Crippen molar-refractivity contribution < 1.29 is 13.2 Å². The Hall–Kier alpha value is -0.960. The summed E-state index contributed by atoms with van der Waals surface area (Å²) in [5.74, 6) is 3.80. The minimum absolute atomic E-state index is 0.291. The van der Waals surface area contributed by atoms with E-state index in [0.29, 0.717) is 35.7 Å². The number of halogens is 1. The van der Waals surface area contributed by atoms with Crippen LogP contribution in [0.1, 0.15) is 58.3 Å². The van der Waals surface area contributed by atoms with E-state index in [1.54, 1.807) is 16.7 Å². The van der Waals surface area contributed by atoms with Crippen molar-refractivity contribution in [3.05, 3.63) is 17.4 Å². The Morgan fingerprint density at radius 2 is 1.70 bits per heavy atom. The summed E-state index contributed by atoms with van der Waals surface area (Å²) in [7, 11) is -3.07. The number of rotatable bonds is 10. The van der Waals surface area contributed by atoms with Gasteiger partial charge in [0.1, 0.15) is 0 Å². The first kappa shape index (κ1) is 25.1. The summed E-state index contributed by atoms with van der Waals surface area (Å²) in [5.41, 5.74) is 0. The van der Waals surface area contributed by atoms with Gasteiger partial charge in [0.15, 0.2) is 0 Å². The second kappa shape index (κ2) is 11.6. The fourth-order valence-electron chi connectivity index (χ4n) is 5.61. The molecule has 4 rings (SSSR count). The molecule has 3 fully saturated rings. The molecule has 33 heavy (non-hydrogen) atoms. The van der Waals surface area contributed by atoms with Gasteiger partial charge in [0, 0.05) is 39.4 Å². The number of hydrogen-bond donors (Lipinski definition) is 0. The summed E-state index contributed by atoms with van der Waals surface area (Å²) in [6.07, 6.45) is 11.8. The van der Waals surface area contributed by atoms with Crippen LogP contribution in [0.5, 0.6) is 0 Å². The minimum atomic E-state index is -3.07. The zero-order valence-corrected chi connectivity index (χ0v) is 21.4. The predicted molar refractivity (Wildman–Crippen MR) is 132 cm³/mol. The number of unbranched alkanes of at least 4 members (excludes halogenated alkanes) is 1. The van der Waals surface area contributed by atoms with E-state index in [1.165, 1.54) is 25.7 Å². The molecule has 2 unspecified atom stereocenters. The van der Waals surface area contributed by atoms with Crippen LogP contribution >= 0.6 is 11.6 Å². The van der Waals surface area contributed by atoms with Crippen molar-refractivity contribution in [2.45, 2.75) is 58.3 Å². The summed E-state index contributed by atoms with van der Waals surface area (Å²) in [5, 5.41) is 0.577. The van der Waals surface area contributed by atoms with Gasteiger partial charge in [0.25, 0.3) is 0 Å². The molecular formula is C24H39ClN4O3S. The van der Waals surface area contributed by atoms with Crippen molar-refractivity contribution in [3.63, 3.8) is 0 Å². The summed E-state index contributed by atoms with van der Waals surface area (Å²) in [6, 6.07) is 0. The van der Waals surface area contributed by atoms with Gasteiger partial charge in [-0.15, -0.1) is 0 Å².